The van der Waals surface area contributed by atoms with Crippen LogP contribution in [0.2, 0.25) is 5.02 Å². The second-order valence-corrected chi connectivity index (χ2v) is 7.51. The number of sulfonamides is 1. The van der Waals surface area contributed by atoms with Crippen LogP contribution in [-0.4, -0.2) is 31.9 Å². The maximum atomic E-state index is 12.9. The fourth-order valence-electron chi connectivity index (χ4n) is 2.84. The van der Waals surface area contributed by atoms with Gasteiger partial charge in [-0.05, 0) is 44.9 Å². The lowest BCUT2D eigenvalue weighted by molar-refractivity contribution is 0.203. The average Bonchev–Trinajstić information content (AvgIpc) is 2.38. The minimum absolute atomic E-state index is 0.00700. The molecule has 0 unspecified atom stereocenters. The first-order valence-electron chi connectivity index (χ1n) is 6.75. The molecule has 2 rings (SSSR count). The Morgan fingerprint density at radius 2 is 1.85 bits per heavy atom. The Morgan fingerprint density at radius 1 is 1.25 bits per heavy atom. The number of benzene rings is 1. The fraction of sp³-hybridized carbons (Fsp3) is 0.571. The first kappa shape index (κ1) is 15.6. The molecule has 1 fully saturated rings. The summed E-state index contributed by atoms with van der Waals surface area (Å²) in [6.45, 7) is 3.90. The molecular formula is C14H20ClNO3S. The summed E-state index contributed by atoms with van der Waals surface area (Å²) in [7, 11) is -2.14. The molecule has 1 aromatic rings. The molecule has 0 bridgehead atoms. The van der Waals surface area contributed by atoms with Crippen molar-refractivity contribution >= 4 is 21.6 Å². The van der Waals surface area contributed by atoms with E-state index in [1.807, 2.05) is 13.8 Å². The van der Waals surface area contributed by atoms with Gasteiger partial charge < -0.3 is 4.74 Å². The molecule has 0 radical (unpaired) electrons. The van der Waals surface area contributed by atoms with Crippen LogP contribution in [0.3, 0.4) is 0 Å². The summed E-state index contributed by atoms with van der Waals surface area (Å²) in [6.07, 6.45) is 2.82. The number of methoxy groups -OCH3 is 1. The predicted octanol–water partition coefficient (Wildman–Crippen LogP) is 3.30. The quantitative estimate of drug-likeness (QED) is 0.859. The second kappa shape index (κ2) is 5.92. The Kier molecular flexibility index (Phi) is 4.62. The van der Waals surface area contributed by atoms with Gasteiger partial charge in [-0.2, -0.15) is 4.31 Å². The molecular weight excluding hydrogens is 298 g/mol. The van der Waals surface area contributed by atoms with Gasteiger partial charge in [0.1, 0.15) is 10.6 Å². The normalized spacial score (nSPS) is 24.6. The second-order valence-electron chi connectivity index (χ2n) is 5.26. The zero-order valence-corrected chi connectivity index (χ0v) is 13.5. The lowest BCUT2D eigenvalue weighted by atomic mass is 10.0. The molecule has 4 nitrogen and oxygen atoms in total. The van der Waals surface area contributed by atoms with Crippen molar-refractivity contribution in [2.24, 2.45) is 0 Å². The molecule has 20 heavy (non-hydrogen) atoms. The molecule has 112 valence electrons. The Hall–Kier alpha value is -0.780. The highest BCUT2D eigenvalue weighted by Gasteiger charge is 2.37. The van der Waals surface area contributed by atoms with Gasteiger partial charge in [-0.15, -0.1) is 0 Å². The minimum atomic E-state index is -3.60. The summed E-state index contributed by atoms with van der Waals surface area (Å²) in [4.78, 5) is 0.146. The maximum Gasteiger partial charge on any atom is 0.247 e. The topological polar surface area (TPSA) is 46.6 Å². The van der Waals surface area contributed by atoms with Gasteiger partial charge >= 0.3 is 0 Å². The van der Waals surface area contributed by atoms with E-state index in [0.29, 0.717) is 10.8 Å². The Labute approximate surface area is 125 Å². The van der Waals surface area contributed by atoms with Crippen molar-refractivity contribution in [3.05, 3.63) is 23.2 Å². The molecule has 1 heterocycles. The molecule has 0 aromatic heterocycles. The van der Waals surface area contributed by atoms with Crippen LogP contribution in [0.1, 0.15) is 33.1 Å². The summed E-state index contributed by atoms with van der Waals surface area (Å²) < 4.78 is 32.6. The molecule has 0 aliphatic carbocycles. The fourth-order valence-corrected chi connectivity index (χ4v) is 5.14. The van der Waals surface area contributed by atoms with Gasteiger partial charge in [0.15, 0.2) is 0 Å². The van der Waals surface area contributed by atoms with Crippen LogP contribution >= 0.6 is 11.6 Å². The molecule has 0 spiro atoms. The number of hydrogen-bond acceptors (Lipinski definition) is 3. The van der Waals surface area contributed by atoms with E-state index >= 15 is 0 Å². The van der Waals surface area contributed by atoms with Crippen molar-refractivity contribution in [1.29, 1.82) is 0 Å². The highest BCUT2D eigenvalue weighted by Crippen LogP contribution is 2.34. The van der Waals surface area contributed by atoms with Crippen molar-refractivity contribution in [1.82, 2.24) is 4.31 Å². The third-order valence-corrected chi connectivity index (χ3v) is 6.18. The van der Waals surface area contributed by atoms with Gasteiger partial charge in [0.05, 0.1) is 7.11 Å². The van der Waals surface area contributed by atoms with Gasteiger partial charge in [-0.25, -0.2) is 8.42 Å². The highest BCUT2D eigenvalue weighted by molar-refractivity contribution is 7.89. The van der Waals surface area contributed by atoms with E-state index in [0.717, 1.165) is 19.3 Å². The monoisotopic (exact) mass is 317 g/mol. The predicted molar refractivity (Wildman–Crippen MR) is 79.8 cm³/mol. The first-order valence-corrected chi connectivity index (χ1v) is 8.57. The van der Waals surface area contributed by atoms with Crippen LogP contribution in [0, 0.1) is 0 Å². The lowest BCUT2D eigenvalue weighted by Gasteiger charge is -2.37. The molecule has 1 saturated heterocycles. The van der Waals surface area contributed by atoms with Crippen molar-refractivity contribution in [2.45, 2.75) is 50.1 Å². The van der Waals surface area contributed by atoms with E-state index in [9.17, 15) is 8.42 Å². The Morgan fingerprint density at radius 3 is 2.40 bits per heavy atom. The Bertz CT molecular complexity index is 578. The van der Waals surface area contributed by atoms with Crippen molar-refractivity contribution in [2.75, 3.05) is 7.11 Å². The summed E-state index contributed by atoms with van der Waals surface area (Å²) in [6, 6.07) is 4.67. The van der Waals surface area contributed by atoms with Gasteiger partial charge in [0.25, 0.3) is 0 Å². The highest BCUT2D eigenvalue weighted by atomic mass is 35.5. The molecule has 2 atom stereocenters. The summed E-state index contributed by atoms with van der Waals surface area (Å²) in [5.74, 6) is 0.333. The minimum Gasteiger partial charge on any atom is -0.495 e. The van der Waals surface area contributed by atoms with E-state index in [1.54, 1.807) is 16.4 Å². The van der Waals surface area contributed by atoms with Gasteiger partial charge in [0, 0.05) is 17.1 Å². The number of halogens is 1. The van der Waals surface area contributed by atoms with Crippen molar-refractivity contribution in [3.63, 3.8) is 0 Å². The van der Waals surface area contributed by atoms with Crippen molar-refractivity contribution < 1.29 is 13.2 Å². The maximum absolute atomic E-state index is 12.9. The van der Waals surface area contributed by atoms with Gasteiger partial charge in [0.2, 0.25) is 10.0 Å². The third-order valence-electron chi connectivity index (χ3n) is 3.79. The van der Waals surface area contributed by atoms with Crippen LogP contribution in [0.4, 0.5) is 0 Å². The van der Waals surface area contributed by atoms with E-state index in [4.69, 9.17) is 16.3 Å². The smallest absolute Gasteiger partial charge is 0.247 e. The molecule has 6 heteroatoms. The molecule has 1 aliphatic heterocycles. The van der Waals surface area contributed by atoms with Gasteiger partial charge in [-0.3, -0.25) is 0 Å². The van der Waals surface area contributed by atoms with Crippen LogP contribution in [-0.2, 0) is 10.0 Å². The summed E-state index contributed by atoms with van der Waals surface area (Å²) >= 11 is 5.95. The summed E-state index contributed by atoms with van der Waals surface area (Å²) in [5, 5.41) is 0.390. The molecule has 1 aromatic carbocycles. The van der Waals surface area contributed by atoms with Crippen LogP contribution in [0.25, 0.3) is 0 Å². The van der Waals surface area contributed by atoms with E-state index in [-0.39, 0.29) is 17.0 Å². The van der Waals surface area contributed by atoms with Crippen LogP contribution in [0.5, 0.6) is 5.75 Å². The lowest BCUT2D eigenvalue weighted by Crippen LogP contribution is -2.47. The number of piperidine rings is 1. The largest absolute Gasteiger partial charge is 0.495 e. The van der Waals surface area contributed by atoms with E-state index < -0.39 is 10.0 Å². The van der Waals surface area contributed by atoms with E-state index in [2.05, 4.69) is 0 Å². The zero-order chi connectivity index (χ0) is 14.9. The van der Waals surface area contributed by atoms with Gasteiger partial charge in [-0.1, -0.05) is 18.0 Å². The standard InChI is InChI=1S/C14H20ClNO3S/c1-10-5-4-6-11(2)16(10)20(17,18)14-9-12(15)7-8-13(14)19-3/h7-11H,4-6H2,1-3H3/t10-,11-/m1/s1. The van der Waals surface area contributed by atoms with Crippen LogP contribution in [0.15, 0.2) is 23.1 Å². The average molecular weight is 318 g/mol. The molecule has 0 N–H and O–H groups in total. The summed E-state index contributed by atoms with van der Waals surface area (Å²) in [5.41, 5.74) is 0. The zero-order valence-electron chi connectivity index (χ0n) is 12.0. The number of ether oxygens (including phenoxy) is 1. The first-order chi connectivity index (χ1) is 9.37. The molecule has 1 aliphatic rings. The van der Waals surface area contributed by atoms with Crippen molar-refractivity contribution in [3.8, 4) is 5.75 Å². The third kappa shape index (κ3) is 2.80. The van der Waals surface area contributed by atoms with Crippen LogP contribution < -0.4 is 4.74 Å². The SMILES string of the molecule is COc1ccc(Cl)cc1S(=O)(=O)N1[C@H](C)CCC[C@H]1C. The number of hydrogen-bond donors (Lipinski definition) is 0. The number of nitrogens with zero attached hydrogens (tertiary/aromatic N) is 1. The Balaban J connectivity index is 2.51. The molecule has 0 saturated carbocycles. The van der Waals surface area contributed by atoms with E-state index in [1.165, 1.54) is 13.2 Å². The molecule has 0 amide bonds. The number of rotatable bonds is 3.